The molecule has 13 nitrogen and oxygen atoms in total. The van der Waals surface area contributed by atoms with Gasteiger partial charge in [0.1, 0.15) is 43.2 Å². The van der Waals surface area contributed by atoms with Crippen LogP contribution in [-0.4, -0.2) is 98.3 Å². The SMILES string of the molecule is CCCC/C=C\C/C=C\CCCCCCCC(=O)O[C@H](COC(=O)CCCCC/C=C\C/C=C\C/C=C\C/C=C\CCCCC)COP(=O)(O)OC1C(O)C(O)C(O)[C@@H](O)C1O. The molecule has 0 aromatic heterocycles. The molecule has 356 valence electrons. The number of ether oxygens (including phenoxy) is 2. The number of hydrogen-bond acceptors (Lipinski definition) is 12. The van der Waals surface area contributed by atoms with Gasteiger partial charge in [0.25, 0.3) is 0 Å². The first kappa shape index (κ1) is 57.3. The zero-order valence-electron chi connectivity index (χ0n) is 37.6. The van der Waals surface area contributed by atoms with Crippen molar-refractivity contribution >= 4 is 19.8 Å². The summed E-state index contributed by atoms with van der Waals surface area (Å²) in [6, 6.07) is 0. The molecule has 1 rings (SSSR count). The molecule has 8 atom stereocenters. The third-order valence-electron chi connectivity index (χ3n) is 10.3. The first-order valence-electron chi connectivity index (χ1n) is 23.2. The van der Waals surface area contributed by atoms with Crippen molar-refractivity contribution in [2.75, 3.05) is 13.2 Å². The summed E-state index contributed by atoms with van der Waals surface area (Å²) in [7, 11) is -5.13. The zero-order valence-corrected chi connectivity index (χ0v) is 38.5. The maximum atomic E-state index is 12.8. The average Bonchev–Trinajstić information content (AvgIpc) is 3.25. The van der Waals surface area contributed by atoms with Gasteiger partial charge in [-0.05, 0) is 83.5 Å². The molecule has 0 aromatic rings. The number of carbonyl (C=O) groups is 2. The monoisotopic (exact) mass is 897 g/mol. The molecule has 62 heavy (non-hydrogen) atoms. The van der Waals surface area contributed by atoms with Gasteiger partial charge in [0.05, 0.1) is 6.61 Å². The van der Waals surface area contributed by atoms with Gasteiger partial charge in [-0.2, -0.15) is 0 Å². The molecular formula is C48H81O13P. The highest BCUT2D eigenvalue weighted by atomic mass is 31.2. The van der Waals surface area contributed by atoms with Gasteiger partial charge in [0.2, 0.25) is 0 Å². The van der Waals surface area contributed by atoms with Gasteiger partial charge in [0.15, 0.2) is 6.10 Å². The van der Waals surface area contributed by atoms with E-state index in [1.165, 1.54) is 32.1 Å². The van der Waals surface area contributed by atoms with Crippen LogP contribution in [0.5, 0.6) is 0 Å². The fourth-order valence-corrected chi connectivity index (χ4v) is 7.43. The predicted octanol–water partition coefficient (Wildman–Crippen LogP) is 9.11. The number of rotatable bonds is 37. The highest BCUT2D eigenvalue weighted by Gasteiger charge is 2.51. The summed E-state index contributed by atoms with van der Waals surface area (Å²) in [5.41, 5.74) is 0. The van der Waals surface area contributed by atoms with E-state index in [0.717, 1.165) is 89.9 Å². The predicted molar refractivity (Wildman–Crippen MR) is 244 cm³/mol. The van der Waals surface area contributed by atoms with Gasteiger partial charge in [-0.25, -0.2) is 4.57 Å². The number of phosphoric acid groups is 1. The molecule has 0 aromatic carbocycles. The van der Waals surface area contributed by atoms with E-state index in [9.17, 15) is 44.6 Å². The Labute approximate surface area is 372 Å². The topological polar surface area (TPSA) is 210 Å². The van der Waals surface area contributed by atoms with Crippen LogP contribution < -0.4 is 0 Å². The van der Waals surface area contributed by atoms with Gasteiger partial charge >= 0.3 is 19.8 Å². The number of phosphoric ester groups is 1. The number of allylic oxidation sites excluding steroid dienone is 12. The van der Waals surface area contributed by atoms with Crippen molar-refractivity contribution in [1.82, 2.24) is 0 Å². The highest BCUT2D eigenvalue weighted by Crippen LogP contribution is 2.47. The third-order valence-corrected chi connectivity index (χ3v) is 11.3. The van der Waals surface area contributed by atoms with Crippen molar-refractivity contribution < 1.29 is 63.1 Å². The molecule has 1 aliphatic rings. The van der Waals surface area contributed by atoms with E-state index >= 15 is 0 Å². The van der Waals surface area contributed by atoms with E-state index in [1.54, 1.807) is 0 Å². The molecule has 1 fully saturated rings. The molecule has 0 bridgehead atoms. The lowest BCUT2D eigenvalue weighted by Crippen LogP contribution is -2.64. The van der Waals surface area contributed by atoms with E-state index < -0.39 is 75.7 Å². The van der Waals surface area contributed by atoms with Gasteiger partial charge in [0, 0.05) is 12.8 Å². The summed E-state index contributed by atoms with van der Waals surface area (Å²) in [5, 5.41) is 50.1. The lowest BCUT2D eigenvalue weighted by Gasteiger charge is -2.41. The minimum absolute atomic E-state index is 0.0694. The number of esters is 2. The van der Waals surface area contributed by atoms with E-state index in [0.29, 0.717) is 12.8 Å². The second kappa shape index (κ2) is 37.6. The maximum absolute atomic E-state index is 12.8. The first-order valence-corrected chi connectivity index (χ1v) is 24.7. The zero-order chi connectivity index (χ0) is 45.7. The molecular weight excluding hydrogens is 815 g/mol. The molecule has 6 N–H and O–H groups in total. The smallest absolute Gasteiger partial charge is 0.462 e. The summed E-state index contributed by atoms with van der Waals surface area (Å²) >= 11 is 0. The molecule has 1 aliphatic carbocycles. The van der Waals surface area contributed by atoms with Gasteiger partial charge in [-0.1, -0.05) is 138 Å². The average molecular weight is 897 g/mol. The van der Waals surface area contributed by atoms with E-state index in [4.69, 9.17) is 18.5 Å². The van der Waals surface area contributed by atoms with Crippen molar-refractivity contribution in [3.63, 3.8) is 0 Å². The van der Waals surface area contributed by atoms with Crippen LogP contribution >= 0.6 is 7.82 Å². The number of aliphatic hydroxyl groups excluding tert-OH is 5. The normalized spacial score (nSPS) is 22.5. The van der Waals surface area contributed by atoms with Crippen molar-refractivity contribution in [2.45, 2.75) is 204 Å². The minimum atomic E-state index is -5.13. The first-order chi connectivity index (χ1) is 29.9. The van der Waals surface area contributed by atoms with Crippen molar-refractivity contribution in [3.8, 4) is 0 Å². The molecule has 14 heteroatoms. The lowest BCUT2D eigenvalue weighted by atomic mass is 9.85. The standard InChI is InChI=1S/C48H81O13P/c1-3-5-7-9-11-13-15-17-19-20-21-22-23-25-26-28-30-32-34-36-41(49)58-38-40(39-59-62(56,57)61-48-46(54)44(52)43(51)45(53)47(48)55)60-42(50)37-35-33-31-29-27-24-18-16-14-12-10-8-6-4-2/h10-13,16-19,21-22,25-26,40,43-48,51-55H,3-9,14-15,20,23-24,27-39H2,1-2H3,(H,56,57)/b12-10-,13-11-,18-16-,19-17-,22-21-,26-25-/t40-,43?,44-,45?,46?,47?,48?/m1/s1. The van der Waals surface area contributed by atoms with Gasteiger partial charge in [-0.3, -0.25) is 18.6 Å². The molecule has 0 saturated heterocycles. The Bertz CT molecular complexity index is 1360. The summed E-state index contributed by atoms with van der Waals surface area (Å²) in [5.74, 6) is -1.16. The quantitative estimate of drug-likeness (QED) is 0.0149. The summed E-state index contributed by atoms with van der Waals surface area (Å²) in [6.07, 6.45) is 33.8. The maximum Gasteiger partial charge on any atom is 0.472 e. The Kier molecular flexibility index (Phi) is 34.8. The third kappa shape index (κ3) is 29.6. The Hall–Kier alpha value is -2.71. The minimum Gasteiger partial charge on any atom is -0.462 e. The summed E-state index contributed by atoms with van der Waals surface area (Å²) in [4.78, 5) is 35.7. The van der Waals surface area contributed by atoms with Crippen LogP contribution in [0.3, 0.4) is 0 Å². The van der Waals surface area contributed by atoms with Gasteiger partial charge < -0.3 is 39.9 Å². The van der Waals surface area contributed by atoms with Crippen LogP contribution in [0.2, 0.25) is 0 Å². The second-order valence-electron chi connectivity index (χ2n) is 15.9. The molecule has 0 heterocycles. The summed E-state index contributed by atoms with van der Waals surface area (Å²) in [6.45, 7) is 3.18. The van der Waals surface area contributed by atoms with Crippen LogP contribution in [0.25, 0.3) is 0 Å². The number of carbonyl (C=O) groups excluding carboxylic acids is 2. The Balaban J connectivity index is 2.49. The van der Waals surface area contributed by atoms with Crippen LogP contribution in [0, 0.1) is 0 Å². The van der Waals surface area contributed by atoms with Crippen molar-refractivity contribution in [2.24, 2.45) is 0 Å². The molecule has 6 unspecified atom stereocenters. The highest BCUT2D eigenvalue weighted by molar-refractivity contribution is 7.47. The Morgan fingerprint density at radius 3 is 1.39 bits per heavy atom. The number of aliphatic hydroxyl groups is 5. The fourth-order valence-electron chi connectivity index (χ4n) is 6.46. The Morgan fingerprint density at radius 2 is 0.887 bits per heavy atom. The van der Waals surface area contributed by atoms with Gasteiger partial charge in [-0.15, -0.1) is 0 Å². The van der Waals surface area contributed by atoms with Crippen LogP contribution in [0.15, 0.2) is 72.9 Å². The number of hydrogen-bond donors (Lipinski definition) is 6. The molecule has 0 radical (unpaired) electrons. The van der Waals surface area contributed by atoms with Crippen LogP contribution in [-0.2, 0) is 32.7 Å². The molecule has 0 amide bonds. The molecule has 0 spiro atoms. The molecule has 0 aliphatic heterocycles. The van der Waals surface area contributed by atoms with Crippen LogP contribution in [0.4, 0.5) is 0 Å². The Morgan fingerprint density at radius 1 is 0.500 bits per heavy atom. The van der Waals surface area contributed by atoms with Crippen molar-refractivity contribution in [3.05, 3.63) is 72.9 Å². The second-order valence-corrected chi connectivity index (χ2v) is 17.3. The largest absolute Gasteiger partial charge is 0.472 e. The van der Waals surface area contributed by atoms with Crippen LogP contribution in [0.1, 0.15) is 162 Å². The van der Waals surface area contributed by atoms with E-state index in [1.807, 2.05) is 0 Å². The molecule has 1 saturated carbocycles. The number of unbranched alkanes of at least 4 members (excludes halogenated alkanes) is 13. The van der Waals surface area contributed by atoms with E-state index in [2.05, 4.69) is 86.8 Å². The fraction of sp³-hybridized carbons (Fsp3) is 0.708. The lowest BCUT2D eigenvalue weighted by molar-refractivity contribution is -0.220. The van der Waals surface area contributed by atoms with Crippen molar-refractivity contribution in [1.29, 1.82) is 0 Å². The van der Waals surface area contributed by atoms with E-state index in [-0.39, 0.29) is 12.8 Å². The summed E-state index contributed by atoms with van der Waals surface area (Å²) < 4.78 is 33.5.